The lowest BCUT2D eigenvalue weighted by Gasteiger charge is -2.31. The number of methoxy groups -OCH3 is 1. The lowest BCUT2D eigenvalue weighted by molar-refractivity contribution is 0.273. The van der Waals surface area contributed by atoms with Crippen molar-refractivity contribution in [2.75, 3.05) is 47.1 Å². The molecule has 1 N–H and O–H groups in total. The maximum atomic E-state index is 11.6. The van der Waals surface area contributed by atoms with Crippen molar-refractivity contribution in [2.24, 2.45) is 10.9 Å². The van der Waals surface area contributed by atoms with Gasteiger partial charge in [0.2, 0.25) is 10.0 Å². The molecule has 0 bridgehead atoms. The first-order valence-corrected chi connectivity index (χ1v) is 10.7. The Morgan fingerprint density at radius 1 is 1.37 bits per heavy atom. The summed E-state index contributed by atoms with van der Waals surface area (Å²) in [5.74, 6) is 2.13. The van der Waals surface area contributed by atoms with Crippen molar-refractivity contribution < 1.29 is 13.2 Å². The third-order valence-electron chi connectivity index (χ3n) is 4.72. The summed E-state index contributed by atoms with van der Waals surface area (Å²) in [6, 6.07) is 7.99. The van der Waals surface area contributed by atoms with Crippen molar-refractivity contribution >= 4 is 40.0 Å². The molecule has 1 saturated heterocycles. The molecule has 0 radical (unpaired) electrons. The molecular weight excluding hydrogens is 479 g/mol. The van der Waals surface area contributed by atoms with Gasteiger partial charge in [0.25, 0.3) is 0 Å². The smallest absolute Gasteiger partial charge is 0.211 e. The molecule has 1 aromatic carbocycles. The number of aliphatic imine (C=N–C) groups is 1. The Kier molecular flexibility index (Phi) is 9.82. The summed E-state index contributed by atoms with van der Waals surface area (Å²) in [5.41, 5.74) is 1.15. The summed E-state index contributed by atoms with van der Waals surface area (Å²) in [7, 11) is 2.37. The van der Waals surface area contributed by atoms with E-state index in [0.29, 0.717) is 19.0 Å². The summed E-state index contributed by atoms with van der Waals surface area (Å²) in [4.78, 5) is 6.43. The number of piperidine rings is 1. The minimum atomic E-state index is -3.07. The van der Waals surface area contributed by atoms with E-state index in [1.807, 2.05) is 25.2 Å². The first-order chi connectivity index (χ1) is 12.3. The SMILES string of the molecule is CN=C(NCC1CCN(S(C)(=O)=O)CC1)N(C)Cc1cccc(OC)c1.I. The standard InChI is InChI=1S/C18H30N4O3S.HI/c1-19-18(21(2)14-16-6-5-7-17(12-16)25-3)20-13-15-8-10-22(11-9-15)26(4,23)24;/h5-7,12,15H,8-11,13-14H2,1-4H3,(H,19,20);1H. The van der Waals surface area contributed by atoms with E-state index in [4.69, 9.17) is 4.74 Å². The number of rotatable bonds is 6. The van der Waals surface area contributed by atoms with Gasteiger partial charge in [-0.3, -0.25) is 4.99 Å². The second-order valence-corrected chi connectivity index (χ2v) is 8.72. The monoisotopic (exact) mass is 510 g/mol. The molecule has 1 aliphatic rings. The second kappa shape index (κ2) is 11.1. The molecule has 1 fully saturated rings. The highest BCUT2D eigenvalue weighted by molar-refractivity contribution is 14.0. The molecule has 2 rings (SSSR count). The zero-order valence-electron chi connectivity index (χ0n) is 16.5. The van der Waals surface area contributed by atoms with Gasteiger partial charge < -0.3 is 15.0 Å². The Morgan fingerprint density at radius 3 is 2.59 bits per heavy atom. The second-order valence-electron chi connectivity index (χ2n) is 6.74. The van der Waals surface area contributed by atoms with Gasteiger partial charge in [0.1, 0.15) is 5.75 Å². The maximum absolute atomic E-state index is 11.6. The minimum Gasteiger partial charge on any atom is -0.497 e. The van der Waals surface area contributed by atoms with Gasteiger partial charge in [0.15, 0.2) is 5.96 Å². The fourth-order valence-electron chi connectivity index (χ4n) is 3.18. The van der Waals surface area contributed by atoms with Crippen LogP contribution in [-0.4, -0.2) is 70.7 Å². The van der Waals surface area contributed by atoms with Crippen LogP contribution in [0.4, 0.5) is 0 Å². The van der Waals surface area contributed by atoms with E-state index < -0.39 is 10.0 Å². The first kappa shape index (κ1) is 24.0. The van der Waals surface area contributed by atoms with Crippen LogP contribution in [-0.2, 0) is 16.6 Å². The molecule has 1 aliphatic heterocycles. The predicted molar refractivity (Wildman–Crippen MR) is 120 cm³/mol. The number of sulfonamides is 1. The van der Waals surface area contributed by atoms with Crippen LogP contribution in [0.5, 0.6) is 5.75 Å². The summed E-state index contributed by atoms with van der Waals surface area (Å²) in [5, 5.41) is 3.42. The van der Waals surface area contributed by atoms with Gasteiger partial charge in [-0.15, -0.1) is 24.0 Å². The van der Waals surface area contributed by atoms with E-state index in [1.165, 1.54) is 6.26 Å². The molecule has 0 atom stereocenters. The third-order valence-corrected chi connectivity index (χ3v) is 6.02. The Bertz CT molecular complexity index is 719. The number of ether oxygens (including phenoxy) is 1. The van der Waals surface area contributed by atoms with Crippen LogP contribution in [0.1, 0.15) is 18.4 Å². The molecule has 154 valence electrons. The van der Waals surface area contributed by atoms with E-state index in [2.05, 4.69) is 21.3 Å². The molecule has 1 aromatic rings. The summed E-state index contributed by atoms with van der Waals surface area (Å²) in [6.45, 7) is 2.73. The first-order valence-electron chi connectivity index (χ1n) is 8.83. The van der Waals surface area contributed by atoms with Crippen LogP contribution in [0.25, 0.3) is 0 Å². The van der Waals surface area contributed by atoms with Crippen LogP contribution in [0, 0.1) is 5.92 Å². The van der Waals surface area contributed by atoms with Gasteiger partial charge in [-0.05, 0) is 36.5 Å². The van der Waals surface area contributed by atoms with Crippen LogP contribution < -0.4 is 10.1 Å². The number of guanidine groups is 1. The maximum Gasteiger partial charge on any atom is 0.211 e. The highest BCUT2D eigenvalue weighted by atomic mass is 127. The van der Waals surface area contributed by atoms with Crippen molar-refractivity contribution in [1.29, 1.82) is 0 Å². The highest BCUT2D eigenvalue weighted by Crippen LogP contribution is 2.18. The number of nitrogens with zero attached hydrogens (tertiary/aromatic N) is 3. The van der Waals surface area contributed by atoms with Crippen molar-refractivity contribution in [2.45, 2.75) is 19.4 Å². The van der Waals surface area contributed by atoms with E-state index in [0.717, 1.165) is 43.2 Å². The highest BCUT2D eigenvalue weighted by Gasteiger charge is 2.25. The van der Waals surface area contributed by atoms with E-state index >= 15 is 0 Å². The Labute approximate surface area is 180 Å². The Balaban J connectivity index is 0.00000364. The Hall–Kier alpha value is -1.07. The summed E-state index contributed by atoms with van der Waals surface area (Å²) >= 11 is 0. The lowest BCUT2D eigenvalue weighted by Crippen LogP contribution is -2.44. The molecule has 0 unspecified atom stereocenters. The summed E-state index contributed by atoms with van der Waals surface area (Å²) < 4.78 is 30.0. The number of hydrogen-bond donors (Lipinski definition) is 1. The van der Waals surface area contributed by atoms with Gasteiger partial charge in [0.05, 0.1) is 13.4 Å². The Morgan fingerprint density at radius 2 is 2.04 bits per heavy atom. The minimum absolute atomic E-state index is 0. The van der Waals surface area contributed by atoms with Crippen molar-refractivity contribution in [3.05, 3.63) is 29.8 Å². The van der Waals surface area contributed by atoms with Crippen LogP contribution in [0.15, 0.2) is 29.3 Å². The lowest BCUT2D eigenvalue weighted by atomic mass is 9.98. The van der Waals surface area contributed by atoms with Gasteiger partial charge >= 0.3 is 0 Å². The average molecular weight is 510 g/mol. The molecule has 0 spiro atoms. The van der Waals surface area contributed by atoms with Crippen LogP contribution in [0.2, 0.25) is 0 Å². The average Bonchev–Trinajstić information content (AvgIpc) is 2.62. The van der Waals surface area contributed by atoms with Gasteiger partial charge in [-0.2, -0.15) is 0 Å². The largest absolute Gasteiger partial charge is 0.497 e. The predicted octanol–water partition coefficient (Wildman–Crippen LogP) is 1.99. The van der Waals surface area contributed by atoms with Crippen LogP contribution in [0.3, 0.4) is 0 Å². The molecule has 0 aromatic heterocycles. The summed E-state index contributed by atoms with van der Waals surface area (Å²) in [6.07, 6.45) is 3.02. The number of benzene rings is 1. The van der Waals surface area contributed by atoms with Gasteiger partial charge in [-0.25, -0.2) is 12.7 Å². The fourth-order valence-corrected chi connectivity index (χ4v) is 4.06. The van der Waals surface area contributed by atoms with Crippen molar-refractivity contribution in [3.63, 3.8) is 0 Å². The number of halogens is 1. The molecule has 0 aliphatic carbocycles. The molecule has 27 heavy (non-hydrogen) atoms. The molecule has 7 nitrogen and oxygen atoms in total. The third kappa shape index (κ3) is 7.46. The zero-order chi connectivity index (χ0) is 19.2. The topological polar surface area (TPSA) is 74.2 Å². The molecule has 1 heterocycles. The quantitative estimate of drug-likeness (QED) is 0.360. The molecule has 0 amide bonds. The van der Waals surface area contributed by atoms with Gasteiger partial charge in [0, 0.05) is 40.3 Å². The van der Waals surface area contributed by atoms with Crippen LogP contribution >= 0.6 is 24.0 Å². The van der Waals surface area contributed by atoms with Crippen molar-refractivity contribution in [3.8, 4) is 5.75 Å². The van der Waals surface area contributed by atoms with Crippen molar-refractivity contribution in [1.82, 2.24) is 14.5 Å². The molecule has 9 heteroatoms. The van der Waals surface area contributed by atoms with E-state index in [-0.39, 0.29) is 24.0 Å². The molecule has 0 saturated carbocycles. The molecular formula is C18H31IN4O3S. The van der Waals surface area contributed by atoms with Gasteiger partial charge in [-0.1, -0.05) is 12.1 Å². The fraction of sp³-hybridized carbons (Fsp3) is 0.611. The number of nitrogens with one attached hydrogen (secondary N) is 1. The normalized spacial score (nSPS) is 16.5. The number of hydrogen-bond acceptors (Lipinski definition) is 4. The van der Waals surface area contributed by atoms with E-state index in [9.17, 15) is 8.42 Å². The zero-order valence-corrected chi connectivity index (χ0v) is 19.7. The van der Waals surface area contributed by atoms with E-state index in [1.54, 1.807) is 18.5 Å².